The van der Waals surface area contributed by atoms with Crippen molar-refractivity contribution in [3.8, 4) is 0 Å². The number of halogens is 1. The Balaban J connectivity index is 1.95. The van der Waals surface area contributed by atoms with Gasteiger partial charge in [0.25, 0.3) is 0 Å². The number of likely N-dealkylation sites (N-methyl/N-ethyl adjacent to an activating group) is 1. The molecule has 2 N–H and O–H groups in total. The van der Waals surface area contributed by atoms with Crippen LogP contribution in [0.25, 0.3) is 0 Å². The number of nitrogens with one attached hydrogen (secondary N) is 1. The zero-order valence-electron chi connectivity index (χ0n) is 10.9. The van der Waals surface area contributed by atoms with Crippen molar-refractivity contribution >= 4 is 5.97 Å². The van der Waals surface area contributed by atoms with Crippen molar-refractivity contribution in [2.45, 2.75) is 6.54 Å². The summed E-state index contributed by atoms with van der Waals surface area (Å²) in [4.78, 5) is 13.1. The number of hydrogen-bond donors (Lipinski definition) is 2. The molecule has 0 radical (unpaired) electrons. The number of carbonyl (C=O) groups is 1. The number of benzene rings is 1. The van der Waals surface area contributed by atoms with Gasteiger partial charge in [-0.25, -0.2) is 14.2 Å². The molecule has 1 aliphatic rings. The monoisotopic (exact) mass is 267 g/mol. The van der Waals surface area contributed by atoms with Crippen molar-refractivity contribution in [3.05, 3.63) is 35.1 Å². The summed E-state index contributed by atoms with van der Waals surface area (Å²) >= 11 is 0. The van der Waals surface area contributed by atoms with Crippen LogP contribution in [0.15, 0.2) is 18.2 Å². The van der Waals surface area contributed by atoms with Crippen LogP contribution in [-0.2, 0) is 6.54 Å². The van der Waals surface area contributed by atoms with E-state index in [2.05, 4.69) is 17.4 Å². The van der Waals surface area contributed by atoms with Crippen LogP contribution in [-0.4, -0.2) is 54.2 Å². The van der Waals surface area contributed by atoms with E-state index in [-0.39, 0.29) is 11.4 Å². The highest BCUT2D eigenvalue weighted by molar-refractivity contribution is 5.87. The molecule has 0 spiro atoms. The van der Waals surface area contributed by atoms with Gasteiger partial charge >= 0.3 is 5.97 Å². The molecule has 0 saturated carbocycles. The third-order valence-corrected chi connectivity index (χ3v) is 3.29. The smallest absolute Gasteiger partial charge is 0.335 e. The molecule has 0 unspecified atom stereocenters. The minimum Gasteiger partial charge on any atom is -0.478 e. The fourth-order valence-electron chi connectivity index (χ4n) is 2.00. The average molecular weight is 267 g/mol. The first-order valence-corrected chi connectivity index (χ1v) is 6.25. The number of carboxylic acids is 1. The lowest BCUT2D eigenvalue weighted by molar-refractivity contribution is 0.0696. The van der Waals surface area contributed by atoms with Crippen LogP contribution >= 0.6 is 0 Å². The summed E-state index contributed by atoms with van der Waals surface area (Å²) < 4.78 is 13.6. The van der Waals surface area contributed by atoms with Gasteiger partial charge in [0, 0.05) is 38.3 Å². The molecule has 1 aromatic rings. The molecule has 5 nitrogen and oxygen atoms in total. The van der Waals surface area contributed by atoms with Gasteiger partial charge < -0.3 is 10.0 Å². The maximum Gasteiger partial charge on any atom is 0.335 e. The van der Waals surface area contributed by atoms with E-state index < -0.39 is 5.97 Å². The van der Waals surface area contributed by atoms with Gasteiger partial charge in [-0.15, -0.1) is 0 Å². The highest BCUT2D eigenvalue weighted by atomic mass is 19.1. The lowest BCUT2D eigenvalue weighted by Gasteiger charge is -2.32. The Kier molecular flexibility index (Phi) is 4.47. The zero-order chi connectivity index (χ0) is 13.8. The van der Waals surface area contributed by atoms with Crippen LogP contribution < -0.4 is 5.43 Å². The summed E-state index contributed by atoms with van der Waals surface area (Å²) in [6, 6.07) is 3.85. The molecule has 6 heteroatoms. The molecule has 0 aromatic heterocycles. The fraction of sp³-hybridized carbons (Fsp3) is 0.462. The molecule has 2 rings (SSSR count). The first-order valence-electron chi connectivity index (χ1n) is 6.25. The summed E-state index contributed by atoms with van der Waals surface area (Å²) in [5.74, 6) is -1.42. The van der Waals surface area contributed by atoms with E-state index in [1.807, 2.05) is 5.01 Å². The molecule has 0 atom stereocenters. The van der Waals surface area contributed by atoms with Crippen molar-refractivity contribution < 1.29 is 14.3 Å². The largest absolute Gasteiger partial charge is 0.478 e. The average Bonchev–Trinajstić information content (AvgIpc) is 2.39. The van der Waals surface area contributed by atoms with E-state index in [9.17, 15) is 9.18 Å². The fourth-order valence-corrected chi connectivity index (χ4v) is 2.00. The van der Waals surface area contributed by atoms with Crippen LogP contribution in [0.1, 0.15) is 15.9 Å². The molecule has 0 bridgehead atoms. The maximum atomic E-state index is 13.6. The molecule has 1 aromatic carbocycles. The number of aromatic carboxylic acids is 1. The van der Waals surface area contributed by atoms with E-state index in [0.717, 1.165) is 26.2 Å². The lowest BCUT2D eigenvalue weighted by Crippen LogP contribution is -2.50. The third kappa shape index (κ3) is 3.73. The maximum absolute atomic E-state index is 13.6. The van der Waals surface area contributed by atoms with Gasteiger partial charge in [0.05, 0.1) is 5.56 Å². The molecule has 19 heavy (non-hydrogen) atoms. The van der Waals surface area contributed by atoms with Gasteiger partial charge in [0.2, 0.25) is 0 Å². The molecule has 1 heterocycles. The highest BCUT2D eigenvalue weighted by Gasteiger charge is 2.14. The normalized spacial score (nSPS) is 17.6. The summed E-state index contributed by atoms with van der Waals surface area (Å²) in [6.07, 6.45) is 0. The number of hydrazine groups is 1. The summed E-state index contributed by atoms with van der Waals surface area (Å²) in [5, 5.41) is 10.9. The lowest BCUT2D eigenvalue weighted by atomic mass is 10.1. The molecule has 1 fully saturated rings. The molecule has 104 valence electrons. The van der Waals surface area contributed by atoms with Crippen LogP contribution in [0, 0.1) is 5.82 Å². The highest BCUT2D eigenvalue weighted by Crippen LogP contribution is 2.11. The summed E-state index contributed by atoms with van der Waals surface area (Å²) in [5.41, 5.74) is 3.62. The van der Waals surface area contributed by atoms with E-state index in [4.69, 9.17) is 5.11 Å². The molecule has 0 amide bonds. The van der Waals surface area contributed by atoms with E-state index in [1.165, 1.54) is 18.2 Å². The molecule has 1 saturated heterocycles. The van der Waals surface area contributed by atoms with E-state index >= 15 is 0 Å². The van der Waals surface area contributed by atoms with Crippen LogP contribution in [0.3, 0.4) is 0 Å². The molecule has 0 aliphatic carbocycles. The van der Waals surface area contributed by atoms with Crippen LogP contribution in [0.4, 0.5) is 4.39 Å². The predicted octanol–water partition coefficient (Wildman–Crippen LogP) is 0.776. The minimum absolute atomic E-state index is 0.108. The summed E-state index contributed by atoms with van der Waals surface area (Å²) in [7, 11) is 2.06. The van der Waals surface area contributed by atoms with Crippen molar-refractivity contribution in [2.24, 2.45) is 0 Å². The first kappa shape index (κ1) is 13.9. The summed E-state index contributed by atoms with van der Waals surface area (Å²) in [6.45, 7) is 3.97. The Morgan fingerprint density at radius 1 is 1.37 bits per heavy atom. The van der Waals surface area contributed by atoms with Crippen molar-refractivity contribution in [1.82, 2.24) is 15.3 Å². The van der Waals surface area contributed by atoms with Gasteiger partial charge in [-0.2, -0.15) is 0 Å². The van der Waals surface area contributed by atoms with Crippen molar-refractivity contribution in [3.63, 3.8) is 0 Å². The number of nitrogens with zero attached hydrogens (tertiary/aromatic N) is 2. The topological polar surface area (TPSA) is 55.8 Å². The van der Waals surface area contributed by atoms with Gasteiger partial charge in [-0.3, -0.25) is 5.43 Å². The molecule has 1 aliphatic heterocycles. The molecular formula is C13H18FN3O2. The second-order valence-electron chi connectivity index (χ2n) is 4.74. The van der Waals surface area contributed by atoms with E-state index in [1.54, 1.807) is 0 Å². The number of piperazine rings is 1. The van der Waals surface area contributed by atoms with Gasteiger partial charge in [-0.1, -0.05) is 0 Å². The predicted molar refractivity (Wildman–Crippen MR) is 69.3 cm³/mol. The second kappa shape index (κ2) is 6.10. The van der Waals surface area contributed by atoms with Gasteiger partial charge in [-0.05, 0) is 25.2 Å². The van der Waals surface area contributed by atoms with Crippen LogP contribution in [0.5, 0.6) is 0 Å². The van der Waals surface area contributed by atoms with E-state index in [0.29, 0.717) is 12.1 Å². The number of carboxylic acid groups (broad SMARTS) is 1. The zero-order valence-corrected chi connectivity index (χ0v) is 10.9. The minimum atomic E-state index is -1.04. The van der Waals surface area contributed by atoms with Crippen molar-refractivity contribution in [1.29, 1.82) is 0 Å². The standard InChI is InChI=1S/C13H18FN3O2/c1-16-4-6-17(7-5-16)15-9-11-8-10(13(18)19)2-3-12(11)14/h2-3,8,15H,4-7,9H2,1H3,(H,18,19). The number of rotatable bonds is 4. The van der Waals surface area contributed by atoms with Gasteiger partial charge in [0.1, 0.15) is 5.82 Å². The van der Waals surface area contributed by atoms with Gasteiger partial charge in [0.15, 0.2) is 0 Å². The van der Waals surface area contributed by atoms with Crippen LogP contribution in [0.2, 0.25) is 0 Å². The Hall–Kier alpha value is -1.50. The Morgan fingerprint density at radius 3 is 2.68 bits per heavy atom. The first-order chi connectivity index (χ1) is 9.06. The SMILES string of the molecule is CN1CCN(NCc2cc(C(=O)O)ccc2F)CC1. The number of hydrogen-bond acceptors (Lipinski definition) is 4. The Morgan fingerprint density at radius 2 is 2.05 bits per heavy atom. The second-order valence-corrected chi connectivity index (χ2v) is 4.74. The van der Waals surface area contributed by atoms with Crippen molar-refractivity contribution in [2.75, 3.05) is 33.2 Å². The third-order valence-electron chi connectivity index (χ3n) is 3.29. The molecular weight excluding hydrogens is 249 g/mol. The quantitative estimate of drug-likeness (QED) is 0.844. The Labute approximate surface area is 111 Å². The Bertz CT molecular complexity index is 459.